The van der Waals surface area contributed by atoms with Crippen molar-refractivity contribution in [3.05, 3.63) is 29.3 Å². The number of aromatic hydroxyl groups is 1. The van der Waals surface area contributed by atoms with E-state index in [2.05, 4.69) is 17.6 Å². The lowest BCUT2D eigenvalue weighted by molar-refractivity contribution is 0.330. The maximum Gasteiger partial charge on any atom is 0.119 e. The molecule has 1 fully saturated rings. The Labute approximate surface area is 113 Å². The van der Waals surface area contributed by atoms with Crippen LogP contribution in [0.3, 0.4) is 0 Å². The van der Waals surface area contributed by atoms with Crippen LogP contribution in [0.5, 0.6) is 5.75 Å². The highest BCUT2D eigenvalue weighted by molar-refractivity contribution is 8.00. The van der Waals surface area contributed by atoms with Crippen molar-refractivity contribution in [2.24, 2.45) is 0 Å². The van der Waals surface area contributed by atoms with Gasteiger partial charge in [-0.05, 0) is 49.1 Å². The molecule has 3 heteroatoms. The average molecular weight is 263 g/mol. The molecule has 1 atom stereocenters. The van der Waals surface area contributed by atoms with E-state index in [0.29, 0.717) is 16.5 Å². The summed E-state index contributed by atoms with van der Waals surface area (Å²) in [7, 11) is 0. The van der Waals surface area contributed by atoms with Crippen LogP contribution in [0, 0.1) is 0 Å². The van der Waals surface area contributed by atoms with E-state index in [1.54, 1.807) is 6.07 Å². The fourth-order valence-corrected chi connectivity index (χ4v) is 4.11. The van der Waals surface area contributed by atoms with Crippen molar-refractivity contribution in [3.8, 4) is 5.75 Å². The van der Waals surface area contributed by atoms with Gasteiger partial charge in [-0.1, -0.05) is 18.6 Å². The van der Waals surface area contributed by atoms with Crippen LogP contribution in [0.4, 0.5) is 0 Å². The van der Waals surface area contributed by atoms with Crippen molar-refractivity contribution in [1.29, 1.82) is 0 Å². The molecule has 0 aromatic heterocycles. The summed E-state index contributed by atoms with van der Waals surface area (Å²) in [5, 5.41) is 13.6. The second kappa shape index (κ2) is 4.78. The Hall–Kier alpha value is -0.670. The fourth-order valence-electron chi connectivity index (χ4n) is 3.18. The fraction of sp³-hybridized carbons (Fsp3) is 0.600. The zero-order valence-corrected chi connectivity index (χ0v) is 11.7. The van der Waals surface area contributed by atoms with Gasteiger partial charge in [0, 0.05) is 17.3 Å². The van der Waals surface area contributed by atoms with Crippen molar-refractivity contribution in [3.63, 3.8) is 0 Å². The number of phenolic OH excluding ortho intramolecular Hbond substituents is 1. The summed E-state index contributed by atoms with van der Waals surface area (Å²) in [6, 6.07) is 6.36. The minimum atomic E-state index is 0.441. The van der Waals surface area contributed by atoms with Gasteiger partial charge >= 0.3 is 0 Å². The van der Waals surface area contributed by atoms with Crippen molar-refractivity contribution in [2.45, 2.75) is 42.9 Å². The highest BCUT2D eigenvalue weighted by Crippen LogP contribution is 2.43. The molecule has 2 N–H and O–H groups in total. The van der Waals surface area contributed by atoms with Gasteiger partial charge in [-0.2, -0.15) is 11.8 Å². The Bertz CT molecular complexity index is 437. The molecule has 1 aromatic carbocycles. The standard InChI is InChI=1S/C15H21NOS/c1-18-15(8-3-9-15)10-16-13-7-6-12-11(13)4-2-5-14(12)17/h2,4-5,13,16-17H,3,6-10H2,1H3. The van der Waals surface area contributed by atoms with E-state index >= 15 is 0 Å². The van der Waals surface area contributed by atoms with Crippen LogP contribution in [0.2, 0.25) is 0 Å². The average Bonchev–Trinajstić information content (AvgIpc) is 2.73. The number of nitrogens with one attached hydrogen (secondary N) is 1. The van der Waals surface area contributed by atoms with Crippen LogP contribution in [0.15, 0.2) is 18.2 Å². The first-order valence-electron chi connectivity index (χ1n) is 6.83. The van der Waals surface area contributed by atoms with Gasteiger partial charge in [-0.25, -0.2) is 0 Å². The maximum absolute atomic E-state index is 9.85. The van der Waals surface area contributed by atoms with Crippen LogP contribution in [-0.2, 0) is 6.42 Å². The van der Waals surface area contributed by atoms with Gasteiger partial charge in [0.2, 0.25) is 0 Å². The molecule has 1 saturated carbocycles. The molecule has 0 amide bonds. The first-order chi connectivity index (χ1) is 8.74. The summed E-state index contributed by atoms with van der Waals surface area (Å²) >= 11 is 2.01. The summed E-state index contributed by atoms with van der Waals surface area (Å²) in [5.74, 6) is 0.472. The van der Waals surface area contributed by atoms with Gasteiger partial charge in [0.15, 0.2) is 0 Å². The molecule has 98 valence electrons. The van der Waals surface area contributed by atoms with E-state index in [-0.39, 0.29) is 0 Å². The topological polar surface area (TPSA) is 32.3 Å². The number of benzene rings is 1. The number of hydrogen-bond acceptors (Lipinski definition) is 3. The van der Waals surface area contributed by atoms with Gasteiger partial charge in [0.05, 0.1) is 0 Å². The van der Waals surface area contributed by atoms with Gasteiger partial charge in [0.1, 0.15) is 5.75 Å². The Morgan fingerprint density at radius 1 is 1.44 bits per heavy atom. The normalized spacial score (nSPS) is 24.6. The second-order valence-corrected chi connectivity index (χ2v) is 6.83. The van der Waals surface area contributed by atoms with Crippen molar-refractivity contribution in [1.82, 2.24) is 5.32 Å². The van der Waals surface area contributed by atoms with E-state index < -0.39 is 0 Å². The van der Waals surface area contributed by atoms with Crippen LogP contribution in [-0.4, -0.2) is 22.7 Å². The molecule has 2 nitrogen and oxygen atoms in total. The zero-order chi connectivity index (χ0) is 12.6. The third kappa shape index (κ3) is 2.04. The monoisotopic (exact) mass is 263 g/mol. The lowest BCUT2D eigenvalue weighted by Gasteiger charge is -2.41. The highest BCUT2D eigenvalue weighted by Gasteiger charge is 2.37. The lowest BCUT2D eigenvalue weighted by Crippen LogP contribution is -2.44. The predicted molar refractivity (Wildman–Crippen MR) is 77.3 cm³/mol. The summed E-state index contributed by atoms with van der Waals surface area (Å²) < 4.78 is 0.486. The lowest BCUT2D eigenvalue weighted by atomic mass is 9.84. The molecule has 0 aliphatic heterocycles. The minimum absolute atomic E-state index is 0.441. The molecule has 0 heterocycles. The summed E-state index contributed by atoms with van der Waals surface area (Å²) in [5.41, 5.74) is 2.47. The van der Waals surface area contributed by atoms with E-state index in [1.165, 1.54) is 24.8 Å². The zero-order valence-electron chi connectivity index (χ0n) is 10.9. The smallest absolute Gasteiger partial charge is 0.119 e. The van der Waals surface area contributed by atoms with Crippen LogP contribution in [0.1, 0.15) is 42.9 Å². The van der Waals surface area contributed by atoms with Gasteiger partial charge < -0.3 is 10.4 Å². The van der Waals surface area contributed by atoms with E-state index in [1.807, 2.05) is 17.8 Å². The molecule has 18 heavy (non-hydrogen) atoms. The Morgan fingerprint density at radius 3 is 2.94 bits per heavy atom. The molecule has 0 saturated heterocycles. The molecule has 2 aliphatic rings. The van der Waals surface area contributed by atoms with Gasteiger partial charge in [-0.3, -0.25) is 0 Å². The van der Waals surface area contributed by atoms with Crippen LogP contribution in [0.25, 0.3) is 0 Å². The molecule has 0 spiro atoms. The quantitative estimate of drug-likeness (QED) is 0.874. The maximum atomic E-state index is 9.85. The number of thioether (sulfide) groups is 1. The van der Waals surface area contributed by atoms with Gasteiger partial charge in [0.25, 0.3) is 0 Å². The molecule has 0 radical (unpaired) electrons. The Balaban J connectivity index is 1.68. The highest BCUT2D eigenvalue weighted by atomic mass is 32.2. The third-order valence-electron chi connectivity index (χ3n) is 4.61. The van der Waals surface area contributed by atoms with E-state index in [0.717, 1.165) is 24.9 Å². The number of rotatable bonds is 4. The molecule has 1 aromatic rings. The van der Waals surface area contributed by atoms with E-state index in [4.69, 9.17) is 0 Å². The number of phenols is 1. The largest absolute Gasteiger partial charge is 0.508 e. The summed E-state index contributed by atoms with van der Waals surface area (Å²) in [4.78, 5) is 0. The Morgan fingerprint density at radius 2 is 2.28 bits per heavy atom. The van der Waals surface area contributed by atoms with Crippen molar-refractivity contribution >= 4 is 11.8 Å². The molecular formula is C15H21NOS. The van der Waals surface area contributed by atoms with Crippen molar-refractivity contribution < 1.29 is 5.11 Å². The predicted octanol–water partition coefficient (Wildman–Crippen LogP) is 3.25. The van der Waals surface area contributed by atoms with Crippen molar-refractivity contribution in [2.75, 3.05) is 12.8 Å². The molecular weight excluding hydrogens is 242 g/mol. The first-order valence-corrected chi connectivity index (χ1v) is 8.06. The minimum Gasteiger partial charge on any atom is -0.508 e. The molecule has 1 unspecified atom stereocenters. The Kier molecular flexibility index (Phi) is 3.29. The second-order valence-electron chi connectivity index (χ2n) is 5.56. The molecule has 0 bridgehead atoms. The third-order valence-corrected chi connectivity index (χ3v) is 6.03. The van der Waals surface area contributed by atoms with Gasteiger partial charge in [-0.15, -0.1) is 0 Å². The molecule has 2 aliphatic carbocycles. The SMILES string of the molecule is CSC1(CNC2CCc3c(O)cccc32)CCC1. The molecule has 3 rings (SSSR count). The number of hydrogen-bond donors (Lipinski definition) is 2. The first kappa shape index (κ1) is 12.4. The van der Waals surface area contributed by atoms with Crippen LogP contribution >= 0.6 is 11.8 Å². The van der Waals surface area contributed by atoms with Crippen LogP contribution < -0.4 is 5.32 Å². The van der Waals surface area contributed by atoms with E-state index in [9.17, 15) is 5.11 Å². The summed E-state index contributed by atoms with van der Waals surface area (Å²) in [6.45, 7) is 1.11. The number of fused-ring (bicyclic) bond motifs is 1. The summed E-state index contributed by atoms with van der Waals surface area (Å²) in [6.07, 6.45) is 8.44.